The van der Waals surface area contributed by atoms with Crippen LogP contribution in [-0.2, 0) is 0 Å². The highest BCUT2D eigenvalue weighted by molar-refractivity contribution is 9.09. The second-order valence-corrected chi connectivity index (χ2v) is 4.52. The molecule has 7 heteroatoms. The minimum Gasteiger partial charge on any atom is -0.487 e. The average molecular weight is 331 g/mol. The van der Waals surface area contributed by atoms with Crippen LogP contribution in [0.3, 0.4) is 0 Å². The number of alkyl halides is 1. The summed E-state index contributed by atoms with van der Waals surface area (Å²) in [7, 11) is 0. The largest absolute Gasteiger partial charge is 0.487 e. The molecule has 0 heterocycles. The van der Waals surface area contributed by atoms with Gasteiger partial charge in [-0.25, -0.2) is 0 Å². The highest BCUT2D eigenvalue weighted by atomic mass is 79.9. The summed E-state index contributed by atoms with van der Waals surface area (Å²) in [6, 6.07) is 4.21. The van der Waals surface area contributed by atoms with Gasteiger partial charge < -0.3 is 10.1 Å². The van der Waals surface area contributed by atoms with Crippen molar-refractivity contribution in [3.63, 3.8) is 0 Å². The Morgan fingerprint density at radius 1 is 1.58 bits per heavy atom. The highest BCUT2D eigenvalue weighted by Crippen LogP contribution is 2.30. The molecule has 0 radical (unpaired) electrons. The Morgan fingerprint density at radius 2 is 2.26 bits per heavy atom. The number of para-hydroxylation sites is 1. The van der Waals surface area contributed by atoms with Crippen molar-refractivity contribution in [2.75, 3.05) is 11.9 Å². The Morgan fingerprint density at radius 3 is 2.79 bits per heavy atom. The fourth-order valence-electron chi connectivity index (χ4n) is 1.48. The van der Waals surface area contributed by atoms with E-state index in [0.29, 0.717) is 5.33 Å². The zero-order chi connectivity index (χ0) is 14.4. The van der Waals surface area contributed by atoms with Crippen molar-refractivity contribution in [2.45, 2.75) is 19.9 Å². The van der Waals surface area contributed by atoms with Gasteiger partial charge >= 0.3 is 5.69 Å². The number of ether oxygens (including phenoxy) is 1. The van der Waals surface area contributed by atoms with Gasteiger partial charge in [-0.3, -0.25) is 14.9 Å². The molecule has 1 atom stereocenters. The lowest BCUT2D eigenvalue weighted by Crippen LogP contribution is -2.33. The number of nitrogens with zero attached hydrogens (tertiary/aromatic N) is 1. The molecule has 0 aromatic heterocycles. The molecule has 19 heavy (non-hydrogen) atoms. The van der Waals surface area contributed by atoms with Crippen molar-refractivity contribution >= 4 is 27.5 Å². The number of hydrogen-bond donors (Lipinski definition) is 1. The van der Waals surface area contributed by atoms with Crippen molar-refractivity contribution in [3.05, 3.63) is 33.9 Å². The predicted octanol–water partition coefficient (Wildman–Crippen LogP) is 2.51. The third-order valence-corrected chi connectivity index (χ3v) is 3.30. The predicted molar refractivity (Wildman–Crippen MR) is 75.0 cm³/mol. The number of carbonyl (C=O) groups excluding carboxylic acids is 1. The van der Waals surface area contributed by atoms with Gasteiger partial charge in [-0.15, -0.1) is 0 Å². The molecule has 1 N–H and O–H groups in total. The van der Waals surface area contributed by atoms with Crippen LogP contribution in [0, 0.1) is 10.1 Å². The van der Waals surface area contributed by atoms with E-state index in [1.54, 1.807) is 6.92 Å². The number of rotatable bonds is 6. The van der Waals surface area contributed by atoms with E-state index in [1.165, 1.54) is 18.2 Å². The Kier molecular flexibility index (Phi) is 5.75. The third-order valence-electron chi connectivity index (χ3n) is 2.33. The maximum atomic E-state index is 12.0. The molecule has 0 saturated carbocycles. The first-order valence-corrected chi connectivity index (χ1v) is 6.90. The van der Waals surface area contributed by atoms with Gasteiger partial charge in [-0.05, 0) is 19.9 Å². The molecule has 0 spiro atoms. The van der Waals surface area contributed by atoms with E-state index in [4.69, 9.17) is 4.74 Å². The van der Waals surface area contributed by atoms with Gasteiger partial charge in [0.2, 0.25) is 5.75 Å². The van der Waals surface area contributed by atoms with E-state index in [2.05, 4.69) is 21.2 Å². The Bertz CT molecular complexity index is 479. The molecule has 0 saturated heterocycles. The minimum atomic E-state index is -0.560. The van der Waals surface area contributed by atoms with Crippen molar-refractivity contribution in [2.24, 2.45) is 0 Å². The maximum absolute atomic E-state index is 12.0. The van der Waals surface area contributed by atoms with Gasteiger partial charge in [0.05, 0.1) is 17.1 Å². The molecule has 104 valence electrons. The third kappa shape index (κ3) is 3.92. The Labute approximate surface area is 119 Å². The van der Waals surface area contributed by atoms with Crippen LogP contribution in [0.2, 0.25) is 0 Å². The van der Waals surface area contributed by atoms with Gasteiger partial charge in [-0.2, -0.15) is 0 Å². The Hall–Kier alpha value is -1.63. The second-order valence-electron chi connectivity index (χ2n) is 3.87. The molecule has 1 rings (SSSR count). The van der Waals surface area contributed by atoms with Gasteiger partial charge in [0.1, 0.15) is 0 Å². The van der Waals surface area contributed by atoms with E-state index >= 15 is 0 Å². The van der Waals surface area contributed by atoms with Crippen LogP contribution in [0.25, 0.3) is 0 Å². The number of nitro benzene ring substituents is 1. The quantitative estimate of drug-likeness (QED) is 0.493. The van der Waals surface area contributed by atoms with E-state index in [-0.39, 0.29) is 35.6 Å². The lowest BCUT2D eigenvalue weighted by molar-refractivity contribution is -0.385. The van der Waals surface area contributed by atoms with E-state index in [9.17, 15) is 14.9 Å². The first-order valence-electron chi connectivity index (χ1n) is 5.78. The number of nitro groups is 1. The van der Waals surface area contributed by atoms with Gasteiger partial charge in [0, 0.05) is 17.4 Å². The number of benzene rings is 1. The van der Waals surface area contributed by atoms with Crippen LogP contribution in [0.5, 0.6) is 5.75 Å². The molecule has 0 aliphatic carbocycles. The number of hydrogen-bond acceptors (Lipinski definition) is 4. The summed E-state index contributed by atoms with van der Waals surface area (Å²) < 4.78 is 5.25. The van der Waals surface area contributed by atoms with Gasteiger partial charge in [0.15, 0.2) is 0 Å². The highest BCUT2D eigenvalue weighted by Gasteiger charge is 2.23. The van der Waals surface area contributed by atoms with Crippen molar-refractivity contribution in [1.82, 2.24) is 5.32 Å². The molecule has 1 amide bonds. The summed E-state index contributed by atoms with van der Waals surface area (Å²) in [5.74, 6) is -0.381. The maximum Gasteiger partial charge on any atom is 0.311 e. The first-order chi connectivity index (χ1) is 9.01. The van der Waals surface area contributed by atoms with Crippen LogP contribution in [-0.4, -0.2) is 28.8 Å². The molecule has 6 nitrogen and oxygen atoms in total. The molecule has 1 aromatic rings. The number of halogens is 1. The van der Waals surface area contributed by atoms with Crippen LogP contribution in [0.15, 0.2) is 18.2 Å². The zero-order valence-corrected chi connectivity index (χ0v) is 12.3. The first kappa shape index (κ1) is 15.4. The summed E-state index contributed by atoms with van der Waals surface area (Å²) in [6.45, 7) is 3.78. The summed E-state index contributed by atoms with van der Waals surface area (Å²) in [4.78, 5) is 22.4. The fourth-order valence-corrected chi connectivity index (χ4v) is 1.65. The SMILES string of the molecule is CCOc1c(C(=O)NC(C)CBr)cccc1[N+](=O)[O-]. The number of carbonyl (C=O) groups is 1. The van der Waals surface area contributed by atoms with Crippen LogP contribution < -0.4 is 10.1 Å². The van der Waals surface area contributed by atoms with Crippen molar-refractivity contribution < 1.29 is 14.5 Å². The van der Waals surface area contributed by atoms with Crippen molar-refractivity contribution in [1.29, 1.82) is 0 Å². The normalized spacial score (nSPS) is 11.7. The molecular formula is C12H15BrN2O4. The average Bonchev–Trinajstić information content (AvgIpc) is 2.38. The van der Waals surface area contributed by atoms with Gasteiger partial charge in [-0.1, -0.05) is 22.0 Å². The molecule has 0 aliphatic rings. The number of nitrogens with one attached hydrogen (secondary N) is 1. The molecule has 1 aromatic carbocycles. The van der Waals surface area contributed by atoms with E-state index in [1.807, 2.05) is 6.92 Å². The smallest absolute Gasteiger partial charge is 0.311 e. The summed E-state index contributed by atoms with van der Waals surface area (Å²) in [6.07, 6.45) is 0. The molecular weight excluding hydrogens is 316 g/mol. The van der Waals surface area contributed by atoms with Crippen LogP contribution in [0.4, 0.5) is 5.69 Å². The molecule has 1 unspecified atom stereocenters. The number of amides is 1. The lowest BCUT2D eigenvalue weighted by Gasteiger charge is -2.13. The second kappa shape index (κ2) is 7.08. The van der Waals surface area contributed by atoms with Crippen LogP contribution >= 0.6 is 15.9 Å². The molecule has 0 bridgehead atoms. The zero-order valence-electron chi connectivity index (χ0n) is 10.7. The fraction of sp³-hybridized carbons (Fsp3) is 0.417. The molecule has 0 fully saturated rings. The summed E-state index contributed by atoms with van der Waals surface area (Å²) >= 11 is 3.25. The van der Waals surface area contributed by atoms with Gasteiger partial charge in [0.25, 0.3) is 5.91 Å². The topological polar surface area (TPSA) is 81.5 Å². The van der Waals surface area contributed by atoms with Crippen molar-refractivity contribution in [3.8, 4) is 5.75 Å². The standard InChI is InChI=1S/C12H15BrN2O4/c1-3-19-11-9(12(16)14-8(2)7-13)5-4-6-10(11)15(17)18/h4-6,8H,3,7H2,1-2H3,(H,14,16). The Balaban J connectivity index is 3.15. The lowest BCUT2D eigenvalue weighted by atomic mass is 10.1. The molecule has 0 aliphatic heterocycles. The van der Waals surface area contributed by atoms with E-state index < -0.39 is 4.92 Å². The summed E-state index contributed by atoms with van der Waals surface area (Å²) in [5, 5.41) is 14.3. The van der Waals surface area contributed by atoms with Crippen LogP contribution in [0.1, 0.15) is 24.2 Å². The minimum absolute atomic E-state index is 0.00859. The summed E-state index contributed by atoms with van der Waals surface area (Å²) in [5.41, 5.74) is -0.0372. The monoisotopic (exact) mass is 330 g/mol. The van der Waals surface area contributed by atoms with E-state index in [0.717, 1.165) is 0 Å².